The summed E-state index contributed by atoms with van der Waals surface area (Å²) in [5.74, 6) is 0.310. The smallest absolute Gasteiger partial charge is 0.154 e. The Kier molecular flexibility index (Phi) is 4.20. The van der Waals surface area contributed by atoms with Crippen LogP contribution in [0.2, 0.25) is 0 Å². The number of nitrogens with zero attached hydrogens (tertiary/aromatic N) is 3. The molecule has 2 aromatic heterocycles. The summed E-state index contributed by atoms with van der Waals surface area (Å²) in [6.45, 7) is 0. The number of aromatic nitrogens is 2. The molecule has 3 N–H and O–H groups in total. The van der Waals surface area contributed by atoms with Crippen molar-refractivity contribution in [3.63, 3.8) is 0 Å². The second-order valence-electron chi connectivity index (χ2n) is 4.83. The van der Waals surface area contributed by atoms with Crippen LogP contribution in [0.5, 0.6) is 0 Å². The lowest BCUT2D eigenvalue weighted by molar-refractivity contribution is 1.22. The third-order valence-corrected chi connectivity index (χ3v) is 3.22. The van der Waals surface area contributed by atoms with Crippen LogP contribution in [0.1, 0.15) is 11.3 Å². The van der Waals surface area contributed by atoms with Gasteiger partial charge in [0.2, 0.25) is 0 Å². The Morgan fingerprint density at radius 1 is 0.870 bits per heavy atom. The van der Waals surface area contributed by atoms with Crippen molar-refractivity contribution < 1.29 is 0 Å². The Bertz CT molecular complexity index is 842. The topological polar surface area (TPSA) is 88.0 Å². The first-order valence-corrected chi connectivity index (χ1v) is 7.11. The minimum Gasteiger partial charge on any atom is -0.382 e. The number of amidine groups is 2. The van der Waals surface area contributed by atoms with Gasteiger partial charge in [0.1, 0.15) is 5.69 Å². The summed E-state index contributed by atoms with van der Waals surface area (Å²) >= 11 is 0. The number of benzene rings is 1. The summed E-state index contributed by atoms with van der Waals surface area (Å²) in [6.07, 6.45) is 1.71. The molecule has 0 aliphatic carbocycles. The number of rotatable bonds is 3. The number of nitrogens with two attached hydrogens (primary N) is 1. The SMILES string of the molecule is N=C(N=C(N)c1cccc(-c2ccccn2)n1)c1ccccc1. The molecule has 23 heavy (non-hydrogen) atoms. The number of pyridine rings is 2. The van der Waals surface area contributed by atoms with Gasteiger partial charge in [-0.1, -0.05) is 42.5 Å². The van der Waals surface area contributed by atoms with Crippen LogP contribution in [0.15, 0.2) is 77.9 Å². The van der Waals surface area contributed by atoms with E-state index in [4.69, 9.17) is 11.1 Å². The molecule has 0 radical (unpaired) electrons. The van der Waals surface area contributed by atoms with Crippen molar-refractivity contribution in [1.29, 1.82) is 5.41 Å². The van der Waals surface area contributed by atoms with Crippen LogP contribution in [0.25, 0.3) is 11.4 Å². The zero-order valence-corrected chi connectivity index (χ0v) is 12.3. The van der Waals surface area contributed by atoms with Gasteiger partial charge >= 0.3 is 0 Å². The average Bonchev–Trinajstić information content (AvgIpc) is 2.63. The molecule has 0 saturated heterocycles. The molecule has 5 nitrogen and oxygen atoms in total. The van der Waals surface area contributed by atoms with Crippen molar-refractivity contribution in [3.05, 3.63) is 84.2 Å². The third-order valence-electron chi connectivity index (χ3n) is 3.22. The van der Waals surface area contributed by atoms with Crippen molar-refractivity contribution in [1.82, 2.24) is 9.97 Å². The standard InChI is InChI=1S/C18H15N5/c19-17(13-7-2-1-3-8-13)23-18(20)16-11-6-10-15(22-16)14-9-4-5-12-21-14/h1-12H,(H3,19,20,23). The molecule has 3 aromatic rings. The van der Waals surface area contributed by atoms with Crippen molar-refractivity contribution in [3.8, 4) is 11.4 Å². The number of aliphatic imine (C=N–C) groups is 1. The van der Waals surface area contributed by atoms with E-state index in [0.717, 1.165) is 5.69 Å². The molecule has 0 amide bonds. The van der Waals surface area contributed by atoms with Crippen molar-refractivity contribution in [2.75, 3.05) is 0 Å². The number of hydrogen-bond acceptors (Lipinski definition) is 3. The molecule has 0 unspecified atom stereocenters. The Morgan fingerprint density at radius 2 is 1.61 bits per heavy atom. The van der Waals surface area contributed by atoms with Crippen LogP contribution in [0.3, 0.4) is 0 Å². The van der Waals surface area contributed by atoms with Gasteiger partial charge in [-0.3, -0.25) is 10.4 Å². The Balaban J connectivity index is 1.90. The van der Waals surface area contributed by atoms with Crippen LogP contribution in [0.4, 0.5) is 0 Å². The molecule has 112 valence electrons. The number of nitrogens with one attached hydrogen (secondary N) is 1. The molecule has 2 heterocycles. The number of hydrogen-bond donors (Lipinski definition) is 2. The van der Waals surface area contributed by atoms with E-state index in [2.05, 4.69) is 15.0 Å². The quantitative estimate of drug-likeness (QED) is 0.576. The minimum atomic E-state index is 0.105. The first kappa shape index (κ1) is 14.6. The minimum absolute atomic E-state index is 0.105. The van der Waals surface area contributed by atoms with Crippen LogP contribution < -0.4 is 5.73 Å². The van der Waals surface area contributed by atoms with Crippen molar-refractivity contribution >= 4 is 11.7 Å². The van der Waals surface area contributed by atoms with E-state index in [9.17, 15) is 0 Å². The third kappa shape index (κ3) is 3.47. The summed E-state index contributed by atoms with van der Waals surface area (Å²) in [5, 5.41) is 8.02. The fourth-order valence-corrected chi connectivity index (χ4v) is 2.07. The van der Waals surface area contributed by atoms with Gasteiger partial charge < -0.3 is 5.73 Å². The molecule has 0 aliphatic heterocycles. The van der Waals surface area contributed by atoms with Gasteiger partial charge in [-0.15, -0.1) is 0 Å². The first-order chi connectivity index (χ1) is 11.2. The normalized spacial score (nSPS) is 11.2. The summed E-state index contributed by atoms with van der Waals surface area (Å²) in [4.78, 5) is 12.9. The van der Waals surface area contributed by atoms with Crippen LogP contribution in [0, 0.1) is 5.41 Å². The molecule has 3 rings (SSSR count). The second-order valence-corrected chi connectivity index (χ2v) is 4.83. The van der Waals surface area contributed by atoms with Crippen molar-refractivity contribution in [2.24, 2.45) is 10.7 Å². The van der Waals surface area contributed by atoms with Gasteiger partial charge in [0, 0.05) is 11.8 Å². The summed E-state index contributed by atoms with van der Waals surface area (Å²) in [7, 11) is 0. The Labute approximate surface area is 134 Å². The lowest BCUT2D eigenvalue weighted by Crippen LogP contribution is -2.17. The molecule has 5 heteroatoms. The monoisotopic (exact) mass is 301 g/mol. The van der Waals surface area contributed by atoms with Gasteiger partial charge in [-0.25, -0.2) is 9.98 Å². The van der Waals surface area contributed by atoms with E-state index in [1.54, 1.807) is 12.3 Å². The highest BCUT2D eigenvalue weighted by Gasteiger charge is 2.06. The molecule has 1 aromatic carbocycles. The molecular formula is C18H15N5. The van der Waals surface area contributed by atoms with E-state index >= 15 is 0 Å². The Morgan fingerprint density at radius 3 is 2.35 bits per heavy atom. The van der Waals surface area contributed by atoms with Crippen LogP contribution >= 0.6 is 0 Å². The van der Waals surface area contributed by atoms with Gasteiger partial charge in [-0.2, -0.15) is 0 Å². The van der Waals surface area contributed by atoms with Crippen molar-refractivity contribution in [2.45, 2.75) is 0 Å². The zero-order valence-electron chi connectivity index (χ0n) is 12.3. The molecule has 0 bridgehead atoms. The molecule has 0 spiro atoms. The molecule has 0 fully saturated rings. The largest absolute Gasteiger partial charge is 0.382 e. The second kappa shape index (κ2) is 6.62. The lowest BCUT2D eigenvalue weighted by atomic mass is 10.2. The predicted molar refractivity (Wildman–Crippen MR) is 91.5 cm³/mol. The highest BCUT2D eigenvalue weighted by atomic mass is 14.9. The van der Waals surface area contributed by atoms with Crippen LogP contribution in [-0.2, 0) is 0 Å². The maximum absolute atomic E-state index is 8.02. The zero-order chi connectivity index (χ0) is 16.1. The van der Waals surface area contributed by atoms with Gasteiger partial charge in [0.05, 0.1) is 11.4 Å². The van der Waals surface area contributed by atoms with E-state index in [1.165, 1.54) is 0 Å². The van der Waals surface area contributed by atoms with E-state index < -0.39 is 0 Å². The van der Waals surface area contributed by atoms with Gasteiger partial charge in [-0.05, 0) is 24.3 Å². The maximum atomic E-state index is 8.02. The molecule has 0 atom stereocenters. The van der Waals surface area contributed by atoms with Gasteiger partial charge in [0.15, 0.2) is 11.7 Å². The average molecular weight is 301 g/mol. The first-order valence-electron chi connectivity index (χ1n) is 7.11. The molecular weight excluding hydrogens is 286 g/mol. The predicted octanol–water partition coefficient (Wildman–Crippen LogP) is 2.87. The van der Waals surface area contributed by atoms with Crippen LogP contribution in [-0.4, -0.2) is 21.6 Å². The van der Waals surface area contributed by atoms with E-state index in [1.807, 2.05) is 60.7 Å². The van der Waals surface area contributed by atoms with Gasteiger partial charge in [0.25, 0.3) is 0 Å². The Hall–Kier alpha value is -3.34. The maximum Gasteiger partial charge on any atom is 0.154 e. The highest BCUT2D eigenvalue weighted by Crippen LogP contribution is 2.13. The fourth-order valence-electron chi connectivity index (χ4n) is 2.07. The van der Waals surface area contributed by atoms with E-state index in [0.29, 0.717) is 17.0 Å². The van der Waals surface area contributed by atoms with E-state index in [-0.39, 0.29) is 11.7 Å². The summed E-state index contributed by atoms with van der Waals surface area (Å²) < 4.78 is 0. The fraction of sp³-hybridized carbons (Fsp3) is 0. The highest BCUT2D eigenvalue weighted by molar-refractivity contribution is 6.09. The summed E-state index contributed by atoms with van der Waals surface area (Å²) in [6, 6.07) is 20.3. The molecule has 0 saturated carbocycles. The summed E-state index contributed by atoms with van der Waals surface area (Å²) in [5.41, 5.74) is 8.71. The lowest BCUT2D eigenvalue weighted by Gasteiger charge is -2.04. The molecule has 0 aliphatic rings.